The van der Waals surface area contributed by atoms with Gasteiger partial charge >= 0.3 is 0 Å². The molecule has 1 aromatic heterocycles. The molecule has 2 saturated carbocycles. The molecule has 4 atom stereocenters. The van der Waals surface area contributed by atoms with Gasteiger partial charge in [0.2, 0.25) is 0 Å². The lowest BCUT2D eigenvalue weighted by molar-refractivity contribution is 0.279. The fraction of sp³-hybridized carbons (Fsp3) is 0.471. The molecule has 20 heavy (non-hydrogen) atoms. The van der Waals surface area contributed by atoms with Gasteiger partial charge in [-0.15, -0.1) is 0 Å². The predicted molar refractivity (Wildman–Crippen MR) is 79.4 cm³/mol. The highest BCUT2D eigenvalue weighted by atomic mass is 15.3. The first-order valence-corrected chi connectivity index (χ1v) is 7.68. The molecule has 2 aliphatic rings. The van der Waals surface area contributed by atoms with E-state index in [0.717, 1.165) is 23.2 Å². The molecule has 2 aromatic rings. The molecule has 0 spiro atoms. The van der Waals surface area contributed by atoms with Gasteiger partial charge in [-0.05, 0) is 55.2 Å². The number of fused-ring (bicyclic) bond motifs is 2. The normalized spacial score (nSPS) is 29.8. The maximum Gasteiger partial charge on any atom is 0.0649 e. The number of hydrogen-bond acceptors (Lipinski definition) is 2. The van der Waals surface area contributed by atoms with Crippen molar-refractivity contribution in [1.29, 1.82) is 0 Å². The van der Waals surface area contributed by atoms with Gasteiger partial charge in [-0.25, -0.2) is 4.68 Å². The van der Waals surface area contributed by atoms with E-state index in [1.165, 1.54) is 25.7 Å². The Kier molecular flexibility index (Phi) is 2.88. The number of aromatic nitrogens is 2. The van der Waals surface area contributed by atoms with Crippen LogP contribution in [0.5, 0.6) is 0 Å². The third-order valence-electron chi connectivity index (χ3n) is 5.27. The van der Waals surface area contributed by atoms with Gasteiger partial charge in [0.1, 0.15) is 0 Å². The van der Waals surface area contributed by atoms with E-state index in [0.29, 0.717) is 5.92 Å². The second-order valence-corrected chi connectivity index (χ2v) is 6.37. The van der Waals surface area contributed by atoms with Crippen molar-refractivity contribution >= 4 is 0 Å². The summed E-state index contributed by atoms with van der Waals surface area (Å²) in [6, 6.07) is 12.5. The van der Waals surface area contributed by atoms with Crippen molar-refractivity contribution in [3.8, 4) is 5.69 Å². The Hall–Kier alpha value is -1.61. The summed E-state index contributed by atoms with van der Waals surface area (Å²) < 4.78 is 2.01. The zero-order chi connectivity index (χ0) is 13.5. The topological polar surface area (TPSA) is 43.8 Å². The van der Waals surface area contributed by atoms with E-state index in [4.69, 9.17) is 5.73 Å². The Morgan fingerprint density at radius 1 is 1.10 bits per heavy atom. The molecule has 2 N–H and O–H groups in total. The van der Waals surface area contributed by atoms with Gasteiger partial charge in [-0.2, -0.15) is 5.10 Å². The van der Waals surface area contributed by atoms with Crippen molar-refractivity contribution in [2.75, 3.05) is 0 Å². The fourth-order valence-electron chi connectivity index (χ4n) is 4.30. The number of para-hydroxylation sites is 1. The lowest BCUT2D eigenvalue weighted by Gasteiger charge is -2.28. The van der Waals surface area contributed by atoms with Crippen molar-refractivity contribution in [3.05, 3.63) is 48.3 Å². The van der Waals surface area contributed by atoms with Crippen molar-refractivity contribution in [1.82, 2.24) is 9.78 Å². The highest BCUT2D eigenvalue weighted by Gasteiger charge is 2.43. The van der Waals surface area contributed by atoms with Gasteiger partial charge in [-0.3, -0.25) is 0 Å². The van der Waals surface area contributed by atoms with E-state index in [9.17, 15) is 0 Å². The van der Waals surface area contributed by atoms with Crippen LogP contribution in [0.3, 0.4) is 0 Å². The largest absolute Gasteiger partial charge is 0.322 e. The van der Waals surface area contributed by atoms with Gasteiger partial charge in [0, 0.05) is 6.20 Å². The summed E-state index contributed by atoms with van der Waals surface area (Å²) in [5, 5.41) is 4.48. The molecule has 0 radical (unpaired) electrons. The van der Waals surface area contributed by atoms with Gasteiger partial charge in [0.25, 0.3) is 0 Å². The molecule has 0 aliphatic heterocycles. The monoisotopic (exact) mass is 267 g/mol. The predicted octanol–water partition coefficient (Wildman–Crippen LogP) is 3.31. The van der Waals surface area contributed by atoms with E-state index < -0.39 is 0 Å². The first-order chi connectivity index (χ1) is 9.83. The van der Waals surface area contributed by atoms with Crippen LogP contribution < -0.4 is 5.73 Å². The molecule has 2 bridgehead atoms. The highest BCUT2D eigenvalue weighted by Crippen LogP contribution is 2.52. The molecule has 3 heteroatoms. The summed E-state index contributed by atoms with van der Waals surface area (Å²) in [6.45, 7) is 0. The molecule has 0 saturated heterocycles. The van der Waals surface area contributed by atoms with Crippen LogP contribution in [0, 0.1) is 17.8 Å². The van der Waals surface area contributed by atoms with Gasteiger partial charge in [0.05, 0.1) is 17.4 Å². The van der Waals surface area contributed by atoms with Crippen LogP contribution in [0.15, 0.2) is 42.6 Å². The molecule has 4 unspecified atom stereocenters. The molecule has 0 amide bonds. The van der Waals surface area contributed by atoms with Gasteiger partial charge < -0.3 is 5.73 Å². The Morgan fingerprint density at radius 3 is 2.65 bits per heavy atom. The summed E-state index contributed by atoms with van der Waals surface area (Å²) in [4.78, 5) is 0. The molecule has 1 heterocycles. The van der Waals surface area contributed by atoms with Crippen LogP contribution in [-0.4, -0.2) is 9.78 Å². The van der Waals surface area contributed by atoms with Crippen molar-refractivity contribution < 1.29 is 0 Å². The van der Waals surface area contributed by atoms with Crippen molar-refractivity contribution in [2.24, 2.45) is 23.5 Å². The average molecular weight is 267 g/mol. The summed E-state index contributed by atoms with van der Waals surface area (Å²) in [6.07, 6.45) is 7.38. The number of benzene rings is 1. The minimum Gasteiger partial charge on any atom is -0.322 e. The standard InChI is InChI=1S/C17H21N3/c18-17(15-11-12-6-7-13(15)10-12)16-8-9-19-20(16)14-4-2-1-3-5-14/h1-5,8-9,12-13,15,17H,6-7,10-11,18H2. The minimum absolute atomic E-state index is 0.119. The van der Waals surface area contributed by atoms with Crippen molar-refractivity contribution in [2.45, 2.75) is 31.7 Å². The average Bonchev–Trinajstić information content (AvgIpc) is 3.23. The van der Waals surface area contributed by atoms with Crippen LogP contribution in [0.2, 0.25) is 0 Å². The lowest BCUT2D eigenvalue weighted by Crippen LogP contribution is -2.28. The van der Waals surface area contributed by atoms with Crippen LogP contribution in [0.25, 0.3) is 5.69 Å². The number of hydrogen-bond donors (Lipinski definition) is 1. The van der Waals surface area contributed by atoms with Gasteiger partial charge in [0.15, 0.2) is 0 Å². The number of nitrogens with zero attached hydrogens (tertiary/aromatic N) is 2. The van der Waals surface area contributed by atoms with Crippen LogP contribution >= 0.6 is 0 Å². The van der Waals surface area contributed by atoms with Crippen LogP contribution in [-0.2, 0) is 0 Å². The smallest absolute Gasteiger partial charge is 0.0649 e. The Morgan fingerprint density at radius 2 is 1.95 bits per heavy atom. The maximum atomic E-state index is 6.61. The fourth-order valence-corrected chi connectivity index (χ4v) is 4.30. The third kappa shape index (κ3) is 1.88. The molecule has 2 aliphatic carbocycles. The summed E-state index contributed by atoms with van der Waals surface area (Å²) >= 11 is 0. The number of nitrogens with two attached hydrogens (primary N) is 1. The molecule has 4 rings (SSSR count). The zero-order valence-electron chi connectivity index (χ0n) is 11.7. The Labute approximate surface area is 119 Å². The zero-order valence-corrected chi connectivity index (χ0v) is 11.7. The molecule has 1 aromatic carbocycles. The second kappa shape index (κ2) is 4.74. The molecule has 3 nitrogen and oxygen atoms in total. The molecular formula is C17H21N3. The summed E-state index contributed by atoms with van der Waals surface area (Å²) in [5.41, 5.74) is 8.87. The van der Waals surface area contributed by atoms with Crippen LogP contribution in [0.1, 0.15) is 37.4 Å². The van der Waals surface area contributed by atoms with E-state index >= 15 is 0 Å². The first kappa shape index (κ1) is 12.2. The second-order valence-electron chi connectivity index (χ2n) is 6.37. The van der Waals surface area contributed by atoms with E-state index in [-0.39, 0.29) is 6.04 Å². The van der Waals surface area contributed by atoms with E-state index in [1.54, 1.807) is 0 Å². The van der Waals surface area contributed by atoms with Gasteiger partial charge in [-0.1, -0.05) is 24.6 Å². The maximum absolute atomic E-state index is 6.61. The third-order valence-corrected chi connectivity index (χ3v) is 5.27. The SMILES string of the molecule is NC(c1ccnn1-c1ccccc1)C1CC2CCC1C2. The highest BCUT2D eigenvalue weighted by molar-refractivity contribution is 5.33. The minimum atomic E-state index is 0.119. The Balaban J connectivity index is 1.65. The van der Waals surface area contributed by atoms with E-state index in [2.05, 4.69) is 23.3 Å². The molecule has 2 fully saturated rings. The lowest BCUT2D eigenvalue weighted by atomic mass is 9.82. The Bertz CT molecular complexity index is 589. The molecule has 104 valence electrons. The molecular weight excluding hydrogens is 246 g/mol. The van der Waals surface area contributed by atoms with Crippen molar-refractivity contribution in [3.63, 3.8) is 0 Å². The quantitative estimate of drug-likeness (QED) is 0.927. The summed E-state index contributed by atoms with van der Waals surface area (Å²) in [5.74, 6) is 2.42. The summed E-state index contributed by atoms with van der Waals surface area (Å²) in [7, 11) is 0. The first-order valence-electron chi connectivity index (χ1n) is 7.68. The van der Waals surface area contributed by atoms with E-state index in [1.807, 2.05) is 29.1 Å². The van der Waals surface area contributed by atoms with Crippen LogP contribution in [0.4, 0.5) is 0 Å². The number of rotatable bonds is 3.